The molecule has 6 nitrogen and oxygen atoms in total. The van der Waals surface area contributed by atoms with Crippen molar-refractivity contribution in [1.29, 1.82) is 5.26 Å². The molecule has 1 N–H and O–H groups in total. The molecular weight excluding hydrogens is 278 g/mol. The van der Waals surface area contributed by atoms with E-state index >= 15 is 0 Å². The van der Waals surface area contributed by atoms with Crippen molar-refractivity contribution in [2.75, 3.05) is 5.75 Å². The molecule has 0 saturated carbocycles. The van der Waals surface area contributed by atoms with E-state index in [1.165, 1.54) is 35.0 Å². The summed E-state index contributed by atoms with van der Waals surface area (Å²) in [5.74, 6) is -1.02. The minimum atomic E-state index is -1.00. The van der Waals surface area contributed by atoms with Crippen molar-refractivity contribution in [3.05, 3.63) is 29.6 Å². The van der Waals surface area contributed by atoms with E-state index < -0.39 is 17.9 Å². The lowest BCUT2D eigenvalue weighted by molar-refractivity contribution is -0.141. The molecule has 0 bridgehead atoms. The fourth-order valence-corrected chi connectivity index (χ4v) is 3.41. The summed E-state index contributed by atoms with van der Waals surface area (Å²) in [6.45, 7) is 1.91. The lowest BCUT2D eigenvalue weighted by atomic mass is 10.2. The van der Waals surface area contributed by atoms with Gasteiger partial charge in [0.1, 0.15) is 17.8 Å². The summed E-state index contributed by atoms with van der Waals surface area (Å²) in [7, 11) is 0. The molecule has 1 aromatic rings. The first-order valence-corrected chi connectivity index (χ1v) is 7.16. The van der Waals surface area contributed by atoms with Gasteiger partial charge in [0, 0.05) is 11.9 Å². The third kappa shape index (κ3) is 2.60. The van der Waals surface area contributed by atoms with Crippen LogP contribution in [0.5, 0.6) is 0 Å². The molecule has 1 aromatic heterocycles. The smallest absolute Gasteiger partial charge is 0.327 e. The number of pyridine rings is 1. The molecule has 0 spiro atoms. The Balaban J connectivity index is 2.28. The van der Waals surface area contributed by atoms with Crippen LogP contribution in [0.15, 0.2) is 18.3 Å². The summed E-state index contributed by atoms with van der Waals surface area (Å²) < 4.78 is 0. The zero-order valence-corrected chi connectivity index (χ0v) is 11.6. The Morgan fingerprint density at radius 2 is 2.35 bits per heavy atom. The van der Waals surface area contributed by atoms with Crippen LogP contribution in [0.4, 0.5) is 0 Å². The van der Waals surface area contributed by atoms with E-state index in [4.69, 9.17) is 5.26 Å². The predicted octanol–water partition coefficient (Wildman–Crippen LogP) is 1.33. The summed E-state index contributed by atoms with van der Waals surface area (Å²) in [5.41, 5.74) is 0.523. The Morgan fingerprint density at radius 1 is 1.60 bits per heavy atom. The highest BCUT2D eigenvalue weighted by Crippen LogP contribution is 2.32. The van der Waals surface area contributed by atoms with Gasteiger partial charge in [0.05, 0.1) is 10.9 Å². The molecule has 2 rings (SSSR count). The van der Waals surface area contributed by atoms with E-state index in [1.54, 1.807) is 0 Å². The maximum absolute atomic E-state index is 12.4. The van der Waals surface area contributed by atoms with Gasteiger partial charge in [-0.15, -0.1) is 11.8 Å². The van der Waals surface area contributed by atoms with Gasteiger partial charge >= 0.3 is 5.97 Å². The molecule has 0 aromatic carbocycles. The molecule has 0 aliphatic carbocycles. The highest BCUT2D eigenvalue weighted by Gasteiger charge is 2.41. The van der Waals surface area contributed by atoms with E-state index in [-0.39, 0.29) is 11.1 Å². The minimum Gasteiger partial charge on any atom is -0.480 e. The van der Waals surface area contributed by atoms with Crippen LogP contribution < -0.4 is 0 Å². The lowest BCUT2D eigenvalue weighted by Crippen LogP contribution is -2.45. The SMILES string of the molecule is CCC1SCC(C(=O)O)N1C(=O)c1ccc(C#N)cn1. The van der Waals surface area contributed by atoms with Crippen LogP contribution in [0, 0.1) is 11.3 Å². The average molecular weight is 291 g/mol. The van der Waals surface area contributed by atoms with Gasteiger partial charge in [-0.25, -0.2) is 9.78 Å². The van der Waals surface area contributed by atoms with Gasteiger partial charge < -0.3 is 10.0 Å². The van der Waals surface area contributed by atoms with Gasteiger partial charge in [-0.1, -0.05) is 6.92 Å². The van der Waals surface area contributed by atoms with Crippen LogP contribution in [0.1, 0.15) is 29.4 Å². The van der Waals surface area contributed by atoms with Crippen LogP contribution in [0.25, 0.3) is 0 Å². The van der Waals surface area contributed by atoms with E-state index in [2.05, 4.69) is 4.98 Å². The third-order valence-electron chi connectivity index (χ3n) is 3.07. The van der Waals surface area contributed by atoms with Crippen molar-refractivity contribution in [2.24, 2.45) is 0 Å². The number of carbonyl (C=O) groups excluding carboxylic acids is 1. The molecule has 1 amide bonds. The van der Waals surface area contributed by atoms with E-state index in [1.807, 2.05) is 13.0 Å². The number of hydrogen-bond donors (Lipinski definition) is 1. The largest absolute Gasteiger partial charge is 0.480 e. The van der Waals surface area contributed by atoms with Gasteiger partial charge in [0.25, 0.3) is 5.91 Å². The van der Waals surface area contributed by atoms with Gasteiger partial charge in [-0.2, -0.15) is 5.26 Å². The number of carbonyl (C=O) groups is 2. The van der Waals surface area contributed by atoms with Crippen molar-refractivity contribution >= 4 is 23.6 Å². The molecule has 7 heteroatoms. The molecule has 0 radical (unpaired) electrons. The van der Waals surface area contributed by atoms with Crippen molar-refractivity contribution in [1.82, 2.24) is 9.88 Å². The molecule has 2 atom stereocenters. The number of amides is 1. The second-order valence-electron chi connectivity index (χ2n) is 4.31. The first-order chi connectivity index (χ1) is 9.58. The average Bonchev–Trinajstić information content (AvgIpc) is 2.90. The number of rotatable bonds is 3. The van der Waals surface area contributed by atoms with E-state index in [0.29, 0.717) is 17.7 Å². The van der Waals surface area contributed by atoms with Crippen LogP contribution in [-0.4, -0.2) is 44.0 Å². The molecule has 2 heterocycles. The number of aliphatic carboxylic acids is 1. The Morgan fingerprint density at radius 3 is 2.85 bits per heavy atom. The number of hydrogen-bond acceptors (Lipinski definition) is 5. The Labute approximate surface area is 120 Å². The Kier molecular flexibility index (Phi) is 4.25. The van der Waals surface area contributed by atoms with Crippen LogP contribution in [0.3, 0.4) is 0 Å². The van der Waals surface area contributed by atoms with E-state index in [9.17, 15) is 14.7 Å². The molecule has 1 saturated heterocycles. The Bertz CT molecular complexity index is 567. The summed E-state index contributed by atoms with van der Waals surface area (Å²) in [5, 5.41) is 17.8. The third-order valence-corrected chi connectivity index (χ3v) is 4.53. The molecule has 104 valence electrons. The van der Waals surface area contributed by atoms with Gasteiger partial charge in [-0.05, 0) is 18.6 Å². The number of thioether (sulfide) groups is 1. The first kappa shape index (κ1) is 14.3. The number of carboxylic acid groups (broad SMARTS) is 1. The maximum atomic E-state index is 12.4. The normalized spacial score (nSPS) is 21.5. The van der Waals surface area contributed by atoms with E-state index in [0.717, 1.165) is 0 Å². The van der Waals surface area contributed by atoms with Gasteiger partial charge in [-0.3, -0.25) is 4.79 Å². The first-order valence-electron chi connectivity index (χ1n) is 6.11. The zero-order chi connectivity index (χ0) is 14.7. The number of nitrogens with zero attached hydrogens (tertiary/aromatic N) is 3. The quantitative estimate of drug-likeness (QED) is 0.903. The second-order valence-corrected chi connectivity index (χ2v) is 5.52. The summed E-state index contributed by atoms with van der Waals surface area (Å²) in [6.07, 6.45) is 1.99. The second kappa shape index (κ2) is 5.92. The minimum absolute atomic E-state index is 0.152. The molecule has 20 heavy (non-hydrogen) atoms. The van der Waals surface area contributed by atoms with Gasteiger partial charge in [0.15, 0.2) is 0 Å². The zero-order valence-electron chi connectivity index (χ0n) is 10.8. The van der Waals surface area contributed by atoms with Crippen molar-refractivity contribution < 1.29 is 14.7 Å². The highest BCUT2D eigenvalue weighted by atomic mass is 32.2. The standard InChI is InChI=1S/C13H13N3O3S/c1-2-11-16(10(7-20-11)13(18)19)12(17)9-4-3-8(5-14)6-15-9/h3-4,6,10-11H,2,7H2,1H3,(H,18,19). The lowest BCUT2D eigenvalue weighted by Gasteiger charge is -2.26. The number of carboxylic acids is 1. The fraction of sp³-hybridized carbons (Fsp3) is 0.385. The molecular formula is C13H13N3O3S. The van der Waals surface area contributed by atoms with Crippen molar-refractivity contribution in [3.63, 3.8) is 0 Å². The summed E-state index contributed by atoms with van der Waals surface area (Å²) in [4.78, 5) is 29.0. The van der Waals surface area contributed by atoms with Gasteiger partial charge in [0.2, 0.25) is 0 Å². The van der Waals surface area contributed by atoms with Crippen molar-refractivity contribution in [3.8, 4) is 6.07 Å². The molecule has 1 aliphatic rings. The summed E-state index contributed by atoms with van der Waals surface area (Å²) >= 11 is 1.46. The fourth-order valence-electron chi connectivity index (χ4n) is 2.06. The Hall–Kier alpha value is -2.07. The summed E-state index contributed by atoms with van der Waals surface area (Å²) in [6, 6.07) is 4.05. The maximum Gasteiger partial charge on any atom is 0.327 e. The van der Waals surface area contributed by atoms with Crippen LogP contribution >= 0.6 is 11.8 Å². The monoisotopic (exact) mass is 291 g/mol. The molecule has 1 aliphatic heterocycles. The van der Waals surface area contributed by atoms with Crippen LogP contribution in [0.2, 0.25) is 0 Å². The topological polar surface area (TPSA) is 94.3 Å². The predicted molar refractivity (Wildman–Crippen MR) is 73.1 cm³/mol. The highest BCUT2D eigenvalue weighted by molar-refractivity contribution is 8.00. The number of nitriles is 1. The number of aromatic nitrogens is 1. The van der Waals surface area contributed by atoms with Crippen molar-refractivity contribution in [2.45, 2.75) is 24.8 Å². The molecule has 1 fully saturated rings. The van der Waals surface area contributed by atoms with Crippen LogP contribution in [-0.2, 0) is 4.79 Å². The molecule has 2 unspecified atom stereocenters.